The number of carboxylic acids is 2. The van der Waals surface area contributed by atoms with Crippen LogP contribution >= 0.6 is 0 Å². The molecule has 0 bridgehead atoms. The van der Waals surface area contributed by atoms with Crippen LogP contribution in [0.4, 0.5) is 0 Å². The quantitative estimate of drug-likeness (QED) is 0.513. The molecule has 0 saturated heterocycles. The first-order valence-corrected chi connectivity index (χ1v) is 6.27. The van der Waals surface area contributed by atoms with Crippen molar-refractivity contribution in [2.24, 2.45) is 0 Å². The van der Waals surface area contributed by atoms with Gasteiger partial charge in [0.1, 0.15) is 0 Å². The van der Waals surface area contributed by atoms with Gasteiger partial charge in [-0.2, -0.15) is 0 Å². The van der Waals surface area contributed by atoms with Crippen LogP contribution in [0.2, 0.25) is 0 Å². The van der Waals surface area contributed by atoms with Gasteiger partial charge >= 0.3 is 11.9 Å². The van der Waals surface area contributed by atoms with Crippen LogP contribution in [-0.4, -0.2) is 22.2 Å². The molecule has 0 rings (SSSR count). The zero-order chi connectivity index (χ0) is 14.4. The SMILES string of the molecule is C=CC(=O)O.CCCCCC/C=C(/CC)C(=O)O. The van der Waals surface area contributed by atoms with Gasteiger partial charge in [-0.1, -0.05) is 45.8 Å². The van der Waals surface area contributed by atoms with Crippen molar-refractivity contribution in [1.29, 1.82) is 0 Å². The van der Waals surface area contributed by atoms with Crippen molar-refractivity contribution in [3.63, 3.8) is 0 Å². The Hall–Kier alpha value is -1.58. The van der Waals surface area contributed by atoms with Crippen LogP contribution in [0.5, 0.6) is 0 Å². The van der Waals surface area contributed by atoms with E-state index in [1.165, 1.54) is 19.3 Å². The topological polar surface area (TPSA) is 74.6 Å². The maximum absolute atomic E-state index is 10.6. The van der Waals surface area contributed by atoms with Crippen LogP contribution in [-0.2, 0) is 9.59 Å². The van der Waals surface area contributed by atoms with E-state index in [0.29, 0.717) is 12.0 Å². The molecular formula is C14H24O4. The van der Waals surface area contributed by atoms with Gasteiger partial charge in [-0.25, -0.2) is 9.59 Å². The van der Waals surface area contributed by atoms with E-state index in [0.717, 1.165) is 18.9 Å². The molecule has 4 nitrogen and oxygen atoms in total. The Labute approximate surface area is 109 Å². The number of carbonyl (C=O) groups is 2. The van der Waals surface area contributed by atoms with Crippen LogP contribution in [0.25, 0.3) is 0 Å². The molecule has 0 aromatic heterocycles. The molecule has 0 heterocycles. The van der Waals surface area contributed by atoms with Crippen LogP contribution in [0.1, 0.15) is 52.4 Å². The van der Waals surface area contributed by atoms with Crippen molar-refractivity contribution in [2.75, 3.05) is 0 Å². The van der Waals surface area contributed by atoms with Crippen molar-refractivity contribution in [3.8, 4) is 0 Å². The van der Waals surface area contributed by atoms with Crippen LogP contribution in [0, 0.1) is 0 Å². The number of rotatable bonds is 8. The highest BCUT2D eigenvalue weighted by Crippen LogP contribution is 2.07. The van der Waals surface area contributed by atoms with E-state index in [4.69, 9.17) is 10.2 Å². The third kappa shape index (κ3) is 14.4. The van der Waals surface area contributed by atoms with Crippen molar-refractivity contribution >= 4 is 11.9 Å². The first-order chi connectivity index (χ1) is 8.49. The van der Waals surface area contributed by atoms with Gasteiger partial charge in [0.15, 0.2) is 0 Å². The lowest BCUT2D eigenvalue weighted by molar-refractivity contribution is -0.133. The molecule has 0 spiro atoms. The minimum absolute atomic E-state index is 0.552. The van der Waals surface area contributed by atoms with E-state index >= 15 is 0 Å². The molecular weight excluding hydrogens is 232 g/mol. The molecule has 2 N–H and O–H groups in total. The maximum Gasteiger partial charge on any atom is 0.331 e. The van der Waals surface area contributed by atoms with Gasteiger partial charge in [0.2, 0.25) is 0 Å². The molecule has 4 heteroatoms. The molecule has 0 aromatic rings. The molecule has 104 valence electrons. The zero-order valence-corrected chi connectivity index (χ0v) is 11.3. The Bertz CT molecular complexity index is 280. The lowest BCUT2D eigenvalue weighted by Gasteiger charge is -1.98. The van der Waals surface area contributed by atoms with Gasteiger partial charge in [0.05, 0.1) is 0 Å². The summed E-state index contributed by atoms with van der Waals surface area (Å²) in [6.45, 7) is 7.01. The van der Waals surface area contributed by atoms with Crippen LogP contribution in [0.15, 0.2) is 24.3 Å². The van der Waals surface area contributed by atoms with Crippen molar-refractivity contribution in [3.05, 3.63) is 24.3 Å². The second kappa shape index (κ2) is 13.5. The number of allylic oxidation sites excluding steroid dienone is 1. The largest absolute Gasteiger partial charge is 0.478 e. The van der Waals surface area contributed by atoms with E-state index in [-0.39, 0.29) is 0 Å². The fourth-order valence-corrected chi connectivity index (χ4v) is 1.23. The van der Waals surface area contributed by atoms with Crippen LogP contribution < -0.4 is 0 Å². The average molecular weight is 256 g/mol. The molecule has 0 atom stereocenters. The molecule has 0 unspecified atom stereocenters. The standard InChI is InChI=1S/C11H20O2.C3H4O2/c1-3-5-6-7-8-9-10(4-2)11(12)13;1-2-3(4)5/h9H,3-8H2,1-2H3,(H,12,13);2H,1H2,(H,4,5)/b10-9-;. The van der Waals surface area contributed by atoms with Gasteiger partial charge in [-0.05, 0) is 19.3 Å². The summed E-state index contributed by atoms with van der Waals surface area (Å²) in [5.74, 6) is -1.75. The van der Waals surface area contributed by atoms with Gasteiger partial charge in [-0.3, -0.25) is 0 Å². The molecule has 0 saturated carbocycles. The monoisotopic (exact) mass is 256 g/mol. The normalized spacial score (nSPS) is 10.2. The molecule has 0 aliphatic carbocycles. The smallest absolute Gasteiger partial charge is 0.331 e. The number of hydrogen-bond donors (Lipinski definition) is 2. The summed E-state index contributed by atoms with van der Waals surface area (Å²) in [7, 11) is 0. The number of unbranched alkanes of at least 4 members (excludes halogenated alkanes) is 4. The summed E-state index contributed by atoms with van der Waals surface area (Å²) in [6, 6.07) is 0. The van der Waals surface area contributed by atoms with Gasteiger partial charge in [0.25, 0.3) is 0 Å². The molecule has 18 heavy (non-hydrogen) atoms. The van der Waals surface area contributed by atoms with Crippen molar-refractivity contribution < 1.29 is 19.8 Å². The summed E-state index contributed by atoms with van der Waals surface area (Å²) in [4.78, 5) is 19.8. The zero-order valence-electron chi connectivity index (χ0n) is 11.3. The Kier molecular flexibility index (Phi) is 14.1. The minimum Gasteiger partial charge on any atom is -0.478 e. The first-order valence-electron chi connectivity index (χ1n) is 6.27. The molecule has 0 radical (unpaired) electrons. The van der Waals surface area contributed by atoms with E-state index in [9.17, 15) is 9.59 Å². The molecule has 0 fully saturated rings. The van der Waals surface area contributed by atoms with E-state index < -0.39 is 11.9 Å². The number of carboxylic acid groups (broad SMARTS) is 2. The maximum atomic E-state index is 10.6. The second-order valence-corrected chi connectivity index (χ2v) is 3.78. The summed E-state index contributed by atoms with van der Waals surface area (Å²) in [5, 5.41) is 16.3. The summed E-state index contributed by atoms with van der Waals surface area (Å²) >= 11 is 0. The van der Waals surface area contributed by atoms with Gasteiger partial charge in [-0.15, -0.1) is 0 Å². The van der Waals surface area contributed by atoms with Gasteiger partial charge in [0, 0.05) is 11.6 Å². The molecule has 0 aromatic carbocycles. The highest BCUT2D eigenvalue weighted by atomic mass is 16.4. The van der Waals surface area contributed by atoms with Crippen molar-refractivity contribution in [2.45, 2.75) is 52.4 Å². The fraction of sp³-hybridized carbons (Fsp3) is 0.571. The number of aliphatic carboxylic acids is 2. The van der Waals surface area contributed by atoms with Crippen LogP contribution in [0.3, 0.4) is 0 Å². The number of hydrogen-bond acceptors (Lipinski definition) is 2. The van der Waals surface area contributed by atoms with E-state index in [1.807, 2.05) is 13.0 Å². The lowest BCUT2D eigenvalue weighted by atomic mass is 10.1. The summed E-state index contributed by atoms with van der Waals surface area (Å²) < 4.78 is 0. The molecule has 0 aliphatic rings. The lowest BCUT2D eigenvalue weighted by Crippen LogP contribution is -1.98. The Morgan fingerprint density at radius 2 is 1.67 bits per heavy atom. The predicted molar refractivity (Wildman–Crippen MR) is 72.6 cm³/mol. The predicted octanol–water partition coefficient (Wildman–Crippen LogP) is 3.63. The average Bonchev–Trinajstić information content (AvgIpc) is 2.34. The highest BCUT2D eigenvalue weighted by Gasteiger charge is 2.01. The third-order valence-electron chi connectivity index (χ3n) is 2.28. The Morgan fingerprint density at radius 3 is 2.00 bits per heavy atom. The molecule has 0 amide bonds. The first kappa shape index (κ1) is 18.8. The van der Waals surface area contributed by atoms with E-state index in [1.54, 1.807) is 0 Å². The minimum atomic E-state index is -0.981. The second-order valence-electron chi connectivity index (χ2n) is 3.78. The Morgan fingerprint density at radius 1 is 1.11 bits per heavy atom. The van der Waals surface area contributed by atoms with E-state index in [2.05, 4.69) is 13.5 Å². The molecule has 0 aliphatic heterocycles. The highest BCUT2D eigenvalue weighted by molar-refractivity contribution is 5.86. The summed E-state index contributed by atoms with van der Waals surface area (Å²) in [6.07, 6.45) is 9.04. The Balaban J connectivity index is 0. The fourth-order valence-electron chi connectivity index (χ4n) is 1.23. The summed E-state index contributed by atoms with van der Waals surface area (Å²) in [5.41, 5.74) is 0.552. The third-order valence-corrected chi connectivity index (χ3v) is 2.28. The van der Waals surface area contributed by atoms with Gasteiger partial charge < -0.3 is 10.2 Å². The van der Waals surface area contributed by atoms with Crippen molar-refractivity contribution in [1.82, 2.24) is 0 Å².